The SMILES string of the molecule is OC(c1cc2ccsc2s1)c1sccc1C1OCCO1. The summed E-state index contributed by atoms with van der Waals surface area (Å²) in [5.41, 5.74) is 0.955. The van der Waals surface area contributed by atoms with Crippen LogP contribution in [0.1, 0.15) is 27.7 Å². The van der Waals surface area contributed by atoms with Crippen molar-refractivity contribution >= 4 is 43.4 Å². The summed E-state index contributed by atoms with van der Waals surface area (Å²) >= 11 is 4.92. The summed E-state index contributed by atoms with van der Waals surface area (Å²) in [6.07, 6.45) is -0.922. The standard InChI is InChI=1S/C14H12O3S3/c15-11(10-7-8-1-5-19-14(8)20-10)12-9(2-6-18-12)13-16-3-4-17-13/h1-2,5-7,11,13,15H,3-4H2. The van der Waals surface area contributed by atoms with Gasteiger partial charge in [-0.2, -0.15) is 0 Å². The molecule has 1 N–H and O–H groups in total. The zero-order valence-electron chi connectivity index (χ0n) is 10.4. The highest BCUT2D eigenvalue weighted by Crippen LogP contribution is 2.41. The lowest BCUT2D eigenvalue weighted by atomic mass is 10.1. The van der Waals surface area contributed by atoms with E-state index >= 15 is 0 Å². The van der Waals surface area contributed by atoms with Gasteiger partial charge in [0.15, 0.2) is 6.29 Å². The second kappa shape index (κ2) is 5.22. The third kappa shape index (κ3) is 2.13. The van der Waals surface area contributed by atoms with Gasteiger partial charge in [0.25, 0.3) is 0 Å². The van der Waals surface area contributed by atoms with E-state index < -0.39 is 6.10 Å². The first-order valence-electron chi connectivity index (χ1n) is 6.28. The Labute approximate surface area is 128 Å². The van der Waals surface area contributed by atoms with Gasteiger partial charge in [0.1, 0.15) is 6.10 Å². The second-order valence-electron chi connectivity index (χ2n) is 4.53. The molecule has 1 atom stereocenters. The van der Waals surface area contributed by atoms with Gasteiger partial charge in [0.2, 0.25) is 0 Å². The van der Waals surface area contributed by atoms with Crippen molar-refractivity contribution in [1.82, 2.24) is 0 Å². The number of thiophene rings is 3. The fraction of sp³-hybridized carbons (Fsp3) is 0.286. The van der Waals surface area contributed by atoms with Crippen molar-refractivity contribution in [2.75, 3.05) is 13.2 Å². The van der Waals surface area contributed by atoms with E-state index in [-0.39, 0.29) is 6.29 Å². The Morgan fingerprint density at radius 1 is 1.15 bits per heavy atom. The van der Waals surface area contributed by atoms with E-state index in [0.29, 0.717) is 13.2 Å². The lowest BCUT2D eigenvalue weighted by Gasteiger charge is -2.13. The molecule has 0 radical (unpaired) electrons. The van der Waals surface area contributed by atoms with Gasteiger partial charge >= 0.3 is 0 Å². The van der Waals surface area contributed by atoms with Crippen LogP contribution in [0.3, 0.4) is 0 Å². The van der Waals surface area contributed by atoms with Crippen LogP contribution in [0.25, 0.3) is 9.40 Å². The number of hydrogen-bond acceptors (Lipinski definition) is 6. The van der Waals surface area contributed by atoms with Crippen molar-refractivity contribution in [2.45, 2.75) is 12.4 Å². The summed E-state index contributed by atoms with van der Waals surface area (Å²) in [5.74, 6) is 0. The zero-order chi connectivity index (χ0) is 13.5. The van der Waals surface area contributed by atoms with Crippen LogP contribution in [0.2, 0.25) is 0 Å². The van der Waals surface area contributed by atoms with Gasteiger partial charge in [-0.15, -0.1) is 34.0 Å². The monoisotopic (exact) mass is 324 g/mol. The van der Waals surface area contributed by atoms with Gasteiger partial charge in [-0.25, -0.2) is 0 Å². The number of ether oxygens (including phenoxy) is 2. The minimum atomic E-state index is -0.595. The number of aliphatic hydroxyl groups is 1. The maximum Gasteiger partial charge on any atom is 0.185 e. The minimum absolute atomic E-state index is 0.327. The van der Waals surface area contributed by atoms with Gasteiger partial charge in [-0.3, -0.25) is 0 Å². The molecule has 0 spiro atoms. The highest BCUT2D eigenvalue weighted by molar-refractivity contribution is 7.37. The molecule has 3 aromatic rings. The summed E-state index contributed by atoms with van der Waals surface area (Å²) in [6, 6.07) is 6.14. The van der Waals surface area contributed by atoms with E-state index in [1.807, 2.05) is 11.4 Å². The molecular weight excluding hydrogens is 312 g/mol. The van der Waals surface area contributed by atoms with Crippen LogP contribution in [0.5, 0.6) is 0 Å². The van der Waals surface area contributed by atoms with Crippen molar-refractivity contribution in [2.24, 2.45) is 0 Å². The molecule has 20 heavy (non-hydrogen) atoms. The highest BCUT2D eigenvalue weighted by atomic mass is 32.2. The number of rotatable bonds is 3. The average Bonchev–Trinajstić information content (AvgIpc) is 3.19. The van der Waals surface area contributed by atoms with Crippen LogP contribution < -0.4 is 0 Å². The molecule has 6 heteroatoms. The molecule has 4 rings (SSSR count). The molecule has 3 aromatic heterocycles. The summed E-state index contributed by atoms with van der Waals surface area (Å²) < 4.78 is 12.3. The van der Waals surface area contributed by atoms with E-state index in [2.05, 4.69) is 17.5 Å². The fourth-order valence-corrected chi connectivity index (χ4v) is 5.45. The van der Waals surface area contributed by atoms with E-state index in [9.17, 15) is 5.11 Å². The molecule has 3 nitrogen and oxygen atoms in total. The smallest absolute Gasteiger partial charge is 0.185 e. The number of fused-ring (bicyclic) bond motifs is 1. The van der Waals surface area contributed by atoms with Gasteiger partial charge < -0.3 is 14.6 Å². The Balaban J connectivity index is 1.69. The molecule has 1 aliphatic rings. The predicted octanol–water partition coefficient (Wildman–Crippen LogP) is 4.15. The third-order valence-electron chi connectivity index (χ3n) is 3.29. The van der Waals surface area contributed by atoms with Crippen LogP contribution in [-0.4, -0.2) is 18.3 Å². The molecule has 1 unspecified atom stereocenters. The lowest BCUT2D eigenvalue weighted by molar-refractivity contribution is -0.0452. The molecule has 1 fully saturated rings. The van der Waals surface area contributed by atoms with Crippen molar-refractivity contribution in [3.63, 3.8) is 0 Å². The predicted molar refractivity (Wildman–Crippen MR) is 82.7 cm³/mol. The molecule has 1 aliphatic heterocycles. The lowest BCUT2D eigenvalue weighted by Crippen LogP contribution is -2.04. The fourth-order valence-electron chi connectivity index (χ4n) is 2.33. The summed E-state index contributed by atoms with van der Waals surface area (Å²) in [5, 5.41) is 15.9. The minimum Gasteiger partial charge on any atom is -0.382 e. The number of hydrogen-bond donors (Lipinski definition) is 1. The van der Waals surface area contributed by atoms with Crippen LogP contribution >= 0.6 is 34.0 Å². The first-order chi connectivity index (χ1) is 9.83. The van der Waals surface area contributed by atoms with Crippen LogP contribution in [0.15, 0.2) is 29.0 Å². The molecule has 4 heterocycles. The maximum absolute atomic E-state index is 10.7. The molecule has 0 saturated carbocycles. The van der Waals surface area contributed by atoms with Gasteiger partial charge in [0.05, 0.1) is 17.2 Å². The molecule has 0 bridgehead atoms. The van der Waals surface area contributed by atoms with Crippen molar-refractivity contribution < 1.29 is 14.6 Å². The van der Waals surface area contributed by atoms with E-state index in [0.717, 1.165) is 15.3 Å². The van der Waals surface area contributed by atoms with Gasteiger partial charge in [0, 0.05) is 20.7 Å². The van der Waals surface area contributed by atoms with E-state index in [1.165, 1.54) is 9.40 Å². The summed E-state index contributed by atoms with van der Waals surface area (Å²) in [7, 11) is 0. The molecule has 104 valence electrons. The molecule has 1 saturated heterocycles. The van der Waals surface area contributed by atoms with Crippen molar-refractivity contribution in [1.29, 1.82) is 0 Å². The third-order valence-corrected chi connectivity index (χ3v) is 6.53. The Morgan fingerprint density at radius 3 is 2.75 bits per heavy atom. The van der Waals surface area contributed by atoms with Crippen LogP contribution in [0, 0.1) is 0 Å². The molecular formula is C14H12O3S3. The molecule has 0 aromatic carbocycles. The van der Waals surface area contributed by atoms with E-state index in [1.54, 1.807) is 34.0 Å². The van der Waals surface area contributed by atoms with E-state index in [4.69, 9.17) is 9.47 Å². The zero-order valence-corrected chi connectivity index (χ0v) is 12.9. The average molecular weight is 324 g/mol. The second-order valence-corrected chi connectivity index (χ2v) is 7.73. The van der Waals surface area contributed by atoms with Crippen LogP contribution in [-0.2, 0) is 9.47 Å². The Morgan fingerprint density at radius 2 is 1.95 bits per heavy atom. The van der Waals surface area contributed by atoms with Crippen LogP contribution in [0.4, 0.5) is 0 Å². The van der Waals surface area contributed by atoms with Crippen molar-refractivity contribution in [3.8, 4) is 0 Å². The summed E-state index contributed by atoms with van der Waals surface area (Å²) in [4.78, 5) is 1.90. The maximum atomic E-state index is 10.7. The van der Waals surface area contributed by atoms with Crippen molar-refractivity contribution in [3.05, 3.63) is 44.3 Å². The summed E-state index contributed by atoms with van der Waals surface area (Å²) in [6.45, 7) is 1.23. The Bertz CT molecular complexity index is 692. The molecule has 0 aliphatic carbocycles. The number of aliphatic hydroxyl groups excluding tert-OH is 1. The first kappa shape index (κ1) is 12.9. The molecule has 0 amide bonds. The quantitative estimate of drug-likeness (QED) is 0.786. The van der Waals surface area contributed by atoms with Gasteiger partial charge in [-0.05, 0) is 29.0 Å². The normalized spacial score (nSPS) is 18.1. The topological polar surface area (TPSA) is 38.7 Å². The Hall–Kier alpha value is -0.760. The van der Waals surface area contributed by atoms with Gasteiger partial charge in [-0.1, -0.05) is 0 Å². The highest BCUT2D eigenvalue weighted by Gasteiger charge is 2.26. The first-order valence-corrected chi connectivity index (χ1v) is 8.86. The Kier molecular flexibility index (Phi) is 3.37. The largest absolute Gasteiger partial charge is 0.382 e.